The Balaban J connectivity index is 2.10. The van der Waals surface area contributed by atoms with Gasteiger partial charge in [-0.15, -0.1) is 0 Å². The predicted octanol–water partition coefficient (Wildman–Crippen LogP) is 2.84. The molecule has 0 saturated carbocycles. The van der Waals surface area contributed by atoms with Crippen LogP contribution in [0.25, 0.3) is 11.8 Å². The largest absolute Gasteiger partial charge is 0.333 e. The third kappa shape index (κ3) is 2.73. The number of barbiturate groups is 1. The average Bonchev–Trinajstić information content (AvgIpc) is 2.88. The number of carbonyl (C=O) groups excluding carboxylic acids is 3. The smallest absolute Gasteiger partial charge is 0.318 e. The number of urea groups is 1. The lowest BCUT2D eigenvalue weighted by Gasteiger charge is -2.28. The highest BCUT2D eigenvalue weighted by Gasteiger charge is 2.37. The molecule has 1 aliphatic rings. The number of carbonyl (C=O) groups is 3. The quantitative estimate of drug-likeness (QED) is 0.617. The van der Waals surface area contributed by atoms with Crippen LogP contribution in [0.2, 0.25) is 0 Å². The van der Waals surface area contributed by atoms with Crippen molar-refractivity contribution < 1.29 is 14.4 Å². The van der Waals surface area contributed by atoms with Gasteiger partial charge in [-0.3, -0.25) is 19.4 Å². The van der Waals surface area contributed by atoms with Crippen LogP contribution in [-0.4, -0.2) is 46.3 Å². The standard InChI is InChI=1S/C20H21N3O3/c1-12-7-6-8-16(9-12)23-13(2)10-15(14(23)3)11-17-18(24)21(4)20(26)22(5)19(17)25/h6-11H,1-5H3. The van der Waals surface area contributed by atoms with Crippen molar-refractivity contribution in [2.45, 2.75) is 20.8 Å². The van der Waals surface area contributed by atoms with E-state index in [0.717, 1.165) is 38.0 Å². The minimum absolute atomic E-state index is 0.0147. The van der Waals surface area contributed by atoms with E-state index < -0.39 is 17.8 Å². The second kappa shape index (κ2) is 6.29. The molecule has 0 N–H and O–H groups in total. The van der Waals surface area contributed by atoms with Crippen molar-refractivity contribution in [2.75, 3.05) is 14.1 Å². The maximum atomic E-state index is 12.4. The number of benzene rings is 1. The van der Waals surface area contributed by atoms with Gasteiger partial charge in [0.15, 0.2) is 0 Å². The van der Waals surface area contributed by atoms with Crippen LogP contribution >= 0.6 is 0 Å². The van der Waals surface area contributed by atoms with E-state index in [2.05, 4.69) is 10.6 Å². The summed E-state index contributed by atoms with van der Waals surface area (Å²) in [6.07, 6.45) is 1.57. The molecule has 0 aliphatic carbocycles. The number of hydrogen-bond acceptors (Lipinski definition) is 3. The Morgan fingerprint density at radius 2 is 1.50 bits per heavy atom. The van der Waals surface area contributed by atoms with Gasteiger partial charge in [-0.05, 0) is 56.2 Å². The molecule has 2 aromatic rings. The average molecular weight is 351 g/mol. The van der Waals surface area contributed by atoms with Crippen molar-refractivity contribution in [3.63, 3.8) is 0 Å². The third-order valence-electron chi connectivity index (χ3n) is 4.67. The SMILES string of the molecule is Cc1cccc(-n2c(C)cc(C=C3C(=O)N(C)C(=O)N(C)C3=O)c2C)c1. The Morgan fingerprint density at radius 3 is 2.08 bits per heavy atom. The van der Waals surface area contributed by atoms with E-state index in [4.69, 9.17) is 0 Å². The maximum Gasteiger partial charge on any atom is 0.333 e. The van der Waals surface area contributed by atoms with E-state index >= 15 is 0 Å². The molecule has 1 aromatic carbocycles. The Hall–Kier alpha value is -3.15. The van der Waals surface area contributed by atoms with Gasteiger partial charge in [-0.2, -0.15) is 0 Å². The van der Waals surface area contributed by atoms with Crippen LogP contribution in [0, 0.1) is 20.8 Å². The van der Waals surface area contributed by atoms with Gasteiger partial charge in [-0.25, -0.2) is 4.79 Å². The first kappa shape index (κ1) is 17.7. The molecule has 1 saturated heterocycles. The van der Waals surface area contributed by atoms with Crippen LogP contribution < -0.4 is 0 Å². The van der Waals surface area contributed by atoms with Crippen molar-refractivity contribution >= 4 is 23.9 Å². The van der Waals surface area contributed by atoms with Crippen molar-refractivity contribution in [1.29, 1.82) is 0 Å². The zero-order valence-electron chi connectivity index (χ0n) is 15.5. The summed E-state index contributed by atoms with van der Waals surface area (Å²) in [5, 5.41) is 0. The monoisotopic (exact) mass is 351 g/mol. The first-order valence-corrected chi connectivity index (χ1v) is 8.30. The Bertz CT molecular complexity index is 943. The van der Waals surface area contributed by atoms with Crippen LogP contribution in [0.5, 0.6) is 0 Å². The number of hydrogen-bond donors (Lipinski definition) is 0. The molecule has 1 aliphatic heterocycles. The van der Waals surface area contributed by atoms with E-state index in [1.165, 1.54) is 14.1 Å². The molecule has 6 heteroatoms. The fourth-order valence-corrected chi connectivity index (χ4v) is 3.23. The molecule has 26 heavy (non-hydrogen) atoms. The topological polar surface area (TPSA) is 62.6 Å². The number of amides is 4. The van der Waals surface area contributed by atoms with Gasteiger partial charge in [0.2, 0.25) is 0 Å². The molecule has 0 radical (unpaired) electrons. The third-order valence-corrected chi connectivity index (χ3v) is 4.67. The highest BCUT2D eigenvalue weighted by atomic mass is 16.2. The highest BCUT2D eigenvalue weighted by molar-refractivity contribution is 6.30. The summed E-state index contributed by atoms with van der Waals surface area (Å²) in [6, 6.07) is 9.42. The Kier molecular flexibility index (Phi) is 4.28. The van der Waals surface area contributed by atoms with Crippen LogP contribution in [0.15, 0.2) is 35.9 Å². The highest BCUT2D eigenvalue weighted by Crippen LogP contribution is 2.25. The van der Waals surface area contributed by atoms with Crippen LogP contribution in [0.1, 0.15) is 22.5 Å². The molecule has 3 rings (SSSR count). The second-order valence-electron chi connectivity index (χ2n) is 6.57. The van der Waals surface area contributed by atoms with Crippen molar-refractivity contribution in [3.8, 4) is 5.69 Å². The molecule has 0 spiro atoms. The van der Waals surface area contributed by atoms with Gasteiger partial charge in [-0.1, -0.05) is 12.1 Å². The van der Waals surface area contributed by atoms with E-state index in [1.807, 2.05) is 45.0 Å². The fraction of sp³-hybridized carbons (Fsp3) is 0.250. The second-order valence-corrected chi connectivity index (χ2v) is 6.57. The molecule has 0 unspecified atom stereocenters. The summed E-state index contributed by atoms with van der Waals surface area (Å²) in [5.74, 6) is -1.17. The van der Waals surface area contributed by atoms with E-state index in [0.29, 0.717) is 0 Å². The van der Waals surface area contributed by atoms with Crippen LogP contribution in [0.4, 0.5) is 4.79 Å². The van der Waals surface area contributed by atoms with Crippen molar-refractivity contribution in [1.82, 2.24) is 14.4 Å². The first-order chi connectivity index (χ1) is 12.2. The number of nitrogens with zero attached hydrogens (tertiary/aromatic N) is 3. The normalized spacial score (nSPS) is 15.1. The molecule has 1 fully saturated rings. The summed E-state index contributed by atoms with van der Waals surface area (Å²) in [6.45, 7) is 5.95. The zero-order chi connectivity index (χ0) is 19.2. The Morgan fingerprint density at radius 1 is 0.885 bits per heavy atom. The molecule has 4 amide bonds. The zero-order valence-corrected chi connectivity index (χ0v) is 15.5. The van der Waals surface area contributed by atoms with Gasteiger partial charge in [0.25, 0.3) is 11.8 Å². The van der Waals surface area contributed by atoms with Crippen molar-refractivity contribution in [3.05, 3.63) is 58.4 Å². The summed E-state index contributed by atoms with van der Waals surface area (Å²) in [4.78, 5) is 38.6. The number of aromatic nitrogens is 1. The van der Waals surface area contributed by atoms with Gasteiger partial charge in [0.05, 0.1) is 0 Å². The number of aryl methyl sites for hydroxylation is 2. The van der Waals surface area contributed by atoms with E-state index in [-0.39, 0.29) is 5.57 Å². The Labute approximate surface area is 152 Å². The summed E-state index contributed by atoms with van der Waals surface area (Å²) in [5.41, 5.74) is 4.84. The molecule has 1 aromatic heterocycles. The van der Waals surface area contributed by atoms with Gasteiger partial charge < -0.3 is 4.57 Å². The van der Waals surface area contributed by atoms with E-state index in [1.54, 1.807) is 6.08 Å². The minimum Gasteiger partial charge on any atom is -0.318 e. The van der Waals surface area contributed by atoms with Crippen LogP contribution in [-0.2, 0) is 9.59 Å². The van der Waals surface area contributed by atoms with Gasteiger partial charge >= 0.3 is 6.03 Å². The predicted molar refractivity (Wildman–Crippen MR) is 98.9 cm³/mol. The first-order valence-electron chi connectivity index (χ1n) is 8.30. The van der Waals surface area contributed by atoms with Crippen molar-refractivity contribution in [2.24, 2.45) is 0 Å². The number of rotatable bonds is 2. The molecular weight excluding hydrogens is 330 g/mol. The van der Waals surface area contributed by atoms with Gasteiger partial charge in [0, 0.05) is 31.2 Å². The molecule has 0 bridgehead atoms. The van der Waals surface area contributed by atoms with E-state index in [9.17, 15) is 14.4 Å². The fourth-order valence-electron chi connectivity index (χ4n) is 3.23. The van der Waals surface area contributed by atoms with Gasteiger partial charge in [0.1, 0.15) is 5.57 Å². The summed E-state index contributed by atoms with van der Waals surface area (Å²) < 4.78 is 2.08. The molecule has 2 heterocycles. The number of likely N-dealkylation sites (N-methyl/N-ethyl adjacent to an activating group) is 2. The maximum absolute atomic E-state index is 12.4. The minimum atomic E-state index is -0.623. The number of imide groups is 2. The summed E-state index contributed by atoms with van der Waals surface area (Å²) >= 11 is 0. The molecule has 0 atom stereocenters. The van der Waals surface area contributed by atoms with Crippen LogP contribution in [0.3, 0.4) is 0 Å². The molecular formula is C20H21N3O3. The lowest BCUT2D eigenvalue weighted by Crippen LogP contribution is -2.52. The summed E-state index contributed by atoms with van der Waals surface area (Å²) in [7, 11) is 2.74. The lowest BCUT2D eigenvalue weighted by atomic mass is 10.1. The lowest BCUT2D eigenvalue weighted by molar-refractivity contribution is -0.134. The molecule has 6 nitrogen and oxygen atoms in total. The molecule has 134 valence electrons.